The number of benzene rings is 8. The van der Waals surface area contributed by atoms with Crippen LogP contribution < -0.4 is 0 Å². The zero-order valence-electron chi connectivity index (χ0n) is 38.4. The largest absolute Gasteiger partial charge is 0.456 e. The SMILES string of the molecule is Cc1ccc2c(c1)C(C)(C)c1cc(-n3c4ccc(C(C)(C)C)cc4c4cc(C(C)(C)C)ccc43)c3ccccc3c1-2.Cc1cccc2oc3ccccc3c12.Cc1ccccc1. The second kappa shape index (κ2) is 15.2. The van der Waals surface area contributed by atoms with E-state index in [0.717, 1.165) is 11.2 Å². The van der Waals surface area contributed by atoms with E-state index in [2.05, 4.69) is 190 Å². The van der Waals surface area contributed by atoms with Gasteiger partial charge >= 0.3 is 0 Å². The molecule has 62 heavy (non-hydrogen) atoms. The number of nitrogens with zero attached hydrogens (tertiary/aromatic N) is 1. The van der Waals surface area contributed by atoms with Crippen LogP contribution in [-0.2, 0) is 16.2 Å². The zero-order valence-corrected chi connectivity index (χ0v) is 38.4. The molecule has 1 aliphatic carbocycles. The highest BCUT2D eigenvalue weighted by atomic mass is 16.3. The van der Waals surface area contributed by atoms with E-state index < -0.39 is 0 Å². The minimum absolute atomic E-state index is 0.0764. The van der Waals surface area contributed by atoms with E-state index in [9.17, 15) is 0 Å². The first-order valence-corrected chi connectivity index (χ1v) is 22.2. The normalized spacial score (nSPS) is 13.2. The number of para-hydroxylation sites is 1. The quantitative estimate of drug-likeness (QED) is 0.162. The number of furan rings is 1. The topological polar surface area (TPSA) is 18.1 Å². The lowest BCUT2D eigenvalue weighted by Gasteiger charge is -2.24. The van der Waals surface area contributed by atoms with Gasteiger partial charge in [0.2, 0.25) is 0 Å². The fourth-order valence-corrected chi connectivity index (χ4v) is 9.56. The summed E-state index contributed by atoms with van der Waals surface area (Å²) in [5, 5.41) is 7.75. The predicted octanol–water partition coefficient (Wildman–Crippen LogP) is 17.0. The highest BCUT2D eigenvalue weighted by molar-refractivity contribution is 6.13. The fourth-order valence-electron chi connectivity index (χ4n) is 9.56. The highest BCUT2D eigenvalue weighted by Crippen LogP contribution is 2.53. The van der Waals surface area contributed by atoms with Gasteiger partial charge in [-0.15, -0.1) is 0 Å². The number of aromatic nitrogens is 1. The molecule has 0 fully saturated rings. The lowest BCUT2D eigenvalue weighted by Crippen LogP contribution is -2.15. The van der Waals surface area contributed by atoms with Gasteiger partial charge in [0.25, 0.3) is 0 Å². The number of hydrogen-bond donors (Lipinski definition) is 0. The van der Waals surface area contributed by atoms with Crippen molar-refractivity contribution in [2.24, 2.45) is 0 Å². The molecule has 0 amide bonds. The van der Waals surface area contributed by atoms with Crippen molar-refractivity contribution in [3.05, 3.63) is 197 Å². The molecule has 2 aromatic heterocycles. The fraction of sp³-hybridized carbons (Fsp3) is 0.233. The molecular weight excluding hydrogens is 751 g/mol. The average Bonchev–Trinajstić information content (AvgIpc) is 3.86. The molecule has 8 aromatic carbocycles. The van der Waals surface area contributed by atoms with Gasteiger partial charge in [0.15, 0.2) is 0 Å². The van der Waals surface area contributed by atoms with Gasteiger partial charge in [-0.25, -0.2) is 0 Å². The minimum atomic E-state index is -0.0764. The summed E-state index contributed by atoms with van der Waals surface area (Å²) in [5.74, 6) is 0. The van der Waals surface area contributed by atoms with Crippen molar-refractivity contribution in [1.29, 1.82) is 0 Å². The summed E-state index contributed by atoms with van der Waals surface area (Å²) >= 11 is 0. The van der Waals surface area contributed by atoms with Gasteiger partial charge in [0.05, 0.1) is 16.7 Å². The summed E-state index contributed by atoms with van der Waals surface area (Å²) in [7, 11) is 0. The lowest BCUT2D eigenvalue weighted by molar-refractivity contribution is 0.590. The van der Waals surface area contributed by atoms with Crippen LogP contribution >= 0.6 is 0 Å². The molecule has 0 radical (unpaired) electrons. The maximum atomic E-state index is 5.73. The Bertz CT molecular complexity index is 3230. The molecule has 0 unspecified atom stereocenters. The molecule has 2 nitrogen and oxygen atoms in total. The van der Waals surface area contributed by atoms with Gasteiger partial charge in [-0.3, -0.25) is 0 Å². The van der Waals surface area contributed by atoms with Crippen LogP contribution in [0, 0.1) is 20.8 Å². The number of hydrogen-bond acceptors (Lipinski definition) is 1. The summed E-state index contributed by atoms with van der Waals surface area (Å²) in [5.41, 5.74) is 18.1. The Morgan fingerprint density at radius 1 is 0.452 bits per heavy atom. The number of aryl methyl sites for hydroxylation is 3. The van der Waals surface area contributed by atoms with Crippen molar-refractivity contribution in [2.75, 3.05) is 0 Å². The second-order valence-corrected chi connectivity index (χ2v) is 20.0. The summed E-state index contributed by atoms with van der Waals surface area (Å²) in [6.45, 7) is 25.1. The average molecular weight is 810 g/mol. The Balaban J connectivity index is 0.000000189. The summed E-state index contributed by atoms with van der Waals surface area (Å²) < 4.78 is 8.27. The van der Waals surface area contributed by atoms with E-state index >= 15 is 0 Å². The van der Waals surface area contributed by atoms with E-state index in [1.54, 1.807) is 0 Å². The third kappa shape index (κ3) is 7.10. The predicted molar refractivity (Wildman–Crippen MR) is 268 cm³/mol. The van der Waals surface area contributed by atoms with Crippen LogP contribution in [-0.4, -0.2) is 4.57 Å². The molecule has 0 aliphatic heterocycles. The summed E-state index contributed by atoms with van der Waals surface area (Å²) in [4.78, 5) is 0. The number of rotatable bonds is 1. The van der Waals surface area contributed by atoms with Gasteiger partial charge in [0, 0.05) is 32.3 Å². The van der Waals surface area contributed by atoms with Gasteiger partial charge in [-0.05, 0) is 118 Å². The van der Waals surface area contributed by atoms with Crippen LogP contribution in [0.25, 0.3) is 71.3 Å². The van der Waals surface area contributed by atoms with Crippen molar-refractivity contribution in [2.45, 2.75) is 92.4 Å². The van der Waals surface area contributed by atoms with Crippen LogP contribution in [0.2, 0.25) is 0 Å². The molecule has 0 saturated heterocycles. The van der Waals surface area contributed by atoms with Crippen molar-refractivity contribution in [3.63, 3.8) is 0 Å². The molecule has 2 heteroatoms. The second-order valence-electron chi connectivity index (χ2n) is 20.0. The van der Waals surface area contributed by atoms with Gasteiger partial charge in [0.1, 0.15) is 11.2 Å². The monoisotopic (exact) mass is 809 g/mol. The Kier molecular flexibility index (Phi) is 10.1. The third-order valence-corrected chi connectivity index (χ3v) is 13.1. The number of fused-ring (bicyclic) bond motifs is 11. The third-order valence-electron chi connectivity index (χ3n) is 13.1. The smallest absolute Gasteiger partial charge is 0.135 e. The Labute approximate surface area is 367 Å². The van der Waals surface area contributed by atoms with E-state index in [0.29, 0.717) is 0 Å². The summed E-state index contributed by atoms with van der Waals surface area (Å²) in [6, 6.07) is 57.4. The van der Waals surface area contributed by atoms with Crippen molar-refractivity contribution >= 4 is 54.5 Å². The highest BCUT2D eigenvalue weighted by Gasteiger charge is 2.37. The molecule has 0 atom stereocenters. The van der Waals surface area contributed by atoms with Crippen LogP contribution in [0.3, 0.4) is 0 Å². The molecule has 11 rings (SSSR count). The van der Waals surface area contributed by atoms with Crippen molar-refractivity contribution in [3.8, 4) is 16.8 Å². The van der Waals surface area contributed by atoms with E-state index in [-0.39, 0.29) is 16.2 Å². The zero-order chi connectivity index (χ0) is 43.7. The summed E-state index contributed by atoms with van der Waals surface area (Å²) in [6.07, 6.45) is 0. The van der Waals surface area contributed by atoms with Gasteiger partial charge in [-0.2, -0.15) is 0 Å². The molecule has 0 N–H and O–H groups in total. The first kappa shape index (κ1) is 41.0. The van der Waals surface area contributed by atoms with E-state index in [4.69, 9.17) is 4.42 Å². The van der Waals surface area contributed by atoms with Crippen LogP contribution in [0.5, 0.6) is 0 Å². The Morgan fingerprint density at radius 3 is 1.61 bits per heavy atom. The minimum Gasteiger partial charge on any atom is -0.456 e. The standard InChI is InChI=1S/C40H41N.C13H10O.C7H8/c1-24-14-17-29-32(20-24)40(8,9)33-23-36(27-12-10-11-13-28(27)37(29)33)41-34-18-15-25(38(2,3)4)21-30(34)31-22-26(39(5,6)7)16-19-35(31)41;1-9-5-4-8-12-13(9)10-6-2-3-7-11(10)14-12;1-7-5-3-2-4-6-7/h10-23H,1-9H3;2-8H,1H3;2-6H,1H3. The van der Waals surface area contributed by atoms with E-state index in [1.165, 1.54) is 99.1 Å². The van der Waals surface area contributed by atoms with Crippen LogP contribution in [0.1, 0.15) is 94.3 Å². The van der Waals surface area contributed by atoms with E-state index in [1.807, 2.05) is 48.5 Å². The van der Waals surface area contributed by atoms with Crippen LogP contribution in [0.4, 0.5) is 0 Å². The Hall–Kier alpha value is -6.38. The lowest BCUT2D eigenvalue weighted by atomic mass is 9.81. The molecule has 0 saturated carbocycles. The van der Waals surface area contributed by atoms with Crippen molar-refractivity contribution < 1.29 is 4.42 Å². The molecule has 310 valence electrons. The molecule has 0 spiro atoms. The molecule has 10 aromatic rings. The van der Waals surface area contributed by atoms with Crippen molar-refractivity contribution in [1.82, 2.24) is 4.57 Å². The molecule has 0 bridgehead atoms. The van der Waals surface area contributed by atoms with Gasteiger partial charge in [-0.1, -0.05) is 182 Å². The maximum absolute atomic E-state index is 5.73. The first-order chi connectivity index (χ1) is 29.5. The Morgan fingerprint density at radius 2 is 1.02 bits per heavy atom. The molecular formula is C60H59NO. The van der Waals surface area contributed by atoms with Crippen LogP contribution in [0.15, 0.2) is 162 Å². The first-order valence-electron chi connectivity index (χ1n) is 22.2. The van der Waals surface area contributed by atoms with Gasteiger partial charge < -0.3 is 8.98 Å². The maximum Gasteiger partial charge on any atom is 0.135 e. The molecule has 1 aliphatic rings. The molecule has 2 heterocycles.